The van der Waals surface area contributed by atoms with Gasteiger partial charge in [0.2, 0.25) is 0 Å². The van der Waals surface area contributed by atoms with E-state index in [1.54, 1.807) is 0 Å². The van der Waals surface area contributed by atoms with Crippen LogP contribution < -0.4 is 0 Å². The van der Waals surface area contributed by atoms with Gasteiger partial charge in [-0.15, -0.1) is 0 Å². The molecule has 0 amide bonds. The Labute approximate surface area is 87.7 Å². The highest BCUT2D eigenvalue weighted by molar-refractivity contribution is 7.81. The number of aliphatic hydroxyl groups excluding tert-OH is 1. The average molecular weight is 222 g/mol. The maximum Gasteiger partial charge on any atom is 0.303 e. The predicted molar refractivity (Wildman–Crippen MR) is 51.1 cm³/mol. The fourth-order valence-electron chi connectivity index (χ4n) is 1.32. The van der Waals surface area contributed by atoms with Gasteiger partial charge in [0, 0.05) is 14.0 Å². The smallest absolute Gasteiger partial charge is 0.303 e. The fraction of sp³-hybridized carbons (Fsp3) is 0.875. The summed E-state index contributed by atoms with van der Waals surface area (Å²) in [7, 11) is 1.41. The summed E-state index contributed by atoms with van der Waals surface area (Å²) in [6, 6.07) is 0. The van der Waals surface area contributed by atoms with Crippen molar-refractivity contribution < 1.29 is 24.1 Å². The van der Waals surface area contributed by atoms with Crippen molar-refractivity contribution in [1.82, 2.24) is 0 Å². The van der Waals surface area contributed by atoms with Crippen LogP contribution in [0.1, 0.15) is 6.92 Å². The van der Waals surface area contributed by atoms with Crippen molar-refractivity contribution in [2.45, 2.75) is 30.7 Å². The van der Waals surface area contributed by atoms with Crippen molar-refractivity contribution in [3.8, 4) is 0 Å². The normalized spacial score (nSPS) is 38.0. The number of thiol groups is 1. The molecule has 1 N–H and O–H groups in total. The minimum Gasteiger partial charge on any atom is -0.458 e. The molecule has 0 bridgehead atoms. The Morgan fingerprint density at radius 2 is 2.29 bits per heavy atom. The number of hydrogen-bond acceptors (Lipinski definition) is 6. The van der Waals surface area contributed by atoms with E-state index < -0.39 is 24.5 Å². The van der Waals surface area contributed by atoms with Crippen LogP contribution in [-0.2, 0) is 19.0 Å². The van der Waals surface area contributed by atoms with Crippen molar-refractivity contribution in [3.05, 3.63) is 0 Å². The van der Waals surface area contributed by atoms with Crippen LogP contribution >= 0.6 is 12.6 Å². The van der Waals surface area contributed by atoms with Gasteiger partial charge in [0.15, 0.2) is 6.29 Å². The van der Waals surface area contributed by atoms with Gasteiger partial charge in [-0.2, -0.15) is 12.6 Å². The Hall–Kier alpha value is -0.300. The van der Waals surface area contributed by atoms with Crippen LogP contribution in [0.25, 0.3) is 0 Å². The van der Waals surface area contributed by atoms with Crippen LogP contribution in [0.15, 0.2) is 0 Å². The number of carbonyl (C=O) groups is 1. The van der Waals surface area contributed by atoms with E-state index in [2.05, 4.69) is 12.6 Å². The summed E-state index contributed by atoms with van der Waals surface area (Å²) in [5.74, 6) is -0.454. The molecule has 1 rings (SSSR count). The van der Waals surface area contributed by atoms with Crippen molar-refractivity contribution in [2.75, 3.05) is 13.7 Å². The molecule has 0 aromatic rings. The van der Waals surface area contributed by atoms with Gasteiger partial charge in [0.1, 0.15) is 12.2 Å². The first-order chi connectivity index (χ1) is 6.56. The van der Waals surface area contributed by atoms with E-state index in [0.29, 0.717) is 0 Å². The van der Waals surface area contributed by atoms with Gasteiger partial charge in [-0.05, 0) is 0 Å². The van der Waals surface area contributed by atoms with Crippen LogP contribution in [0.2, 0.25) is 0 Å². The lowest BCUT2D eigenvalue weighted by Crippen LogP contribution is -2.53. The molecule has 0 aromatic carbocycles. The quantitative estimate of drug-likeness (QED) is 0.491. The fourth-order valence-corrected chi connectivity index (χ4v) is 1.64. The van der Waals surface area contributed by atoms with E-state index in [0.717, 1.165) is 0 Å². The number of carbonyl (C=O) groups excluding carboxylic acids is 1. The summed E-state index contributed by atoms with van der Waals surface area (Å²) >= 11 is 4.15. The molecule has 1 fully saturated rings. The second-order valence-corrected chi connectivity index (χ2v) is 3.73. The third kappa shape index (κ3) is 2.60. The van der Waals surface area contributed by atoms with Crippen LogP contribution in [0, 0.1) is 0 Å². The molecule has 1 saturated heterocycles. The number of methoxy groups -OCH3 is 1. The molecular weight excluding hydrogens is 208 g/mol. The maximum atomic E-state index is 10.7. The zero-order chi connectivity index (χ0) is 10.7. The molecule has 1 aliphatic heterocycles. The highest BCUT2D eigenvalue weighted by atomic mass is 32.1. The van der Waals surface area contributed by atoms with Crippen LogP contribution in [-0.4, -0.2) is 48.5 Å². The molecule has 0 aromatic heterocycles. The molecule has 5 nitrogen and oxygen atoms in total. The van der Waals surface area contributed by atoms with E-state index in [9.17, 15) is 9.90 Å². The third-order valence-electron chi connectivity index (χ3n) is 1.96. The molecule has 0 spiro atoms. The molecule has 0 unspecified atom stereocenters. The Balaban J connectivity index is 2.63. The number of aliphatic hydroxyl groups is 1. The van der Waals surface area contributed by atoms with Crippen LogP contribution in [0.3, 0.4) is 0 Å². The topological polar surface area (TPSA) is 65.0 Å². The van der Waals surface area contributed by atoms with Gasteiger partial charge in [0.05, 0.1) is 11.9 Å². The molecule has 0 saturated carbocycles. The van der Waals surface area contributed by atoms with Gasteiger partial charge in [-0.3, -0.25) is 4.79 Å². The maximum absolute atomic E-state index is 10.7. The summed E-state index contributed by atoms with van der Waals surface area (Å²) in [6.45, 7) is 1.56. The lowest BCUT2D eigenvalue weighted by Gasteiger charge is -2.36. The summed E-state index contributed by atoms with van der Waals surface area (Å²) < 4.78 is 14.9. The molecule has 0 aliphatic carbocycles. The van der Waals surface area contributed by atoms with Gasteiger partial charge in [-0.1, -0.05) is 0 Å². The zero-order valence-electron chi connectivity index (χ0n) is 8.04. The van der Waals surface area contributed by atoms with E-state index in [1.807, 2.05) is 0 Å². The first kappa shape index (κ1) is 11.8. The highest BCUT2D eigenvalue weighted by Crippen LogP contribution is 2.22. The number of esters is 1. The molecule has 1 heterocycles. The monoisotopic (exact) mass is 222 g/mol. The van der Waals surface area contributed by atoms with Crippen LogP contribution in [0.5, 0.6) is 0 Å². The van der Waals surface area contributed by atoms with Crippen molar-refractivity contribution >= 4 is 18.6 Å². The van der Waals surface area contributed by atoms with Gasteiger partial charge in [0.25, 0.3) is 0 Å². The standard InChI is InChI=1S/C8H14O5S/c1-4(9)13-7-5(14)3-12-8(11-2)6(7)10/h5-8,10,14H,3H2,1-2H3/t5-,6+,7+,8+/m1/s1. The summed E-state index contributed by atoms with van der Waals surface area (Å²) in [4.78, 5) is 10.7. The molecule has 1 aliphatic rings. The van der Waals surface area contributed by atoms with Gasteiger partial charge in [-0.25, -0.2) is 0 Å². The average Bonchev–Trinajstić information content (AvgIpc) is 2.12. The van der Waals surface area contributed by atoms with Crippen LogP contribution in [0.4, 0.5) is 0 Å². The number of ether oxygens (including phenoxy) is 3. The van der Waals surface area contributed by atoms with E-state index in [1.165, 1.54) is 14.0 Å². The first-order valence-corrected chi connectivity index (χ1v) is 4.75. The Bertz CT molecular complexity index is 210. The predicted octanol–water partition coefficient (Wildman–Crippen LogP) is -0.420. The molecule has 4 atom stereocenters. The first-order valence-electron chi connectivity index (χ1n) is 4.24. The Morgan fingerprint density at radius 1 is 1.64 bits per heavy atom. The zero-order valence-corrected chi connectivity index (χ0v) is 8.94. The van der Waals surface area contributed by atoms with Gasteiger partial charge >= 0.3 is 5.97 Å². The molecule has 82 valence electrons. The second kappa shape index (κ2) is 4.97. The minimum atomic E-state index is -1.000. The Kier molecular flexibility index (Phi) is 4.18. The minimum absolute atomic E-state index is 0.274. The van der Waals surface area contributed by atoms with E-state index in [-0.39, 0.29) is 11.9 Å². The van der Waals surface area contributed by atoms with Crippen molar-refractivity contribution in [1.29, 1.82) is 0 Å². The summed E-state index contributed by atoms with van der Waals surface area (Å²) in [5, 5.41) is 9.34. The number of rotatable bonds is 2. The summed E-state index contributed by atoms with van der Waals surface area (Å²) in [5.41, 5.74) is 0. The summed E-state index contributed by atoms with van der Waals surface area (Å²) in [6.07, 6.45) is -2.45. The number of hydrogen-bond donors (Lipinski definition) is 2. The second-order valence-electron chi connectivity index (χ2n) is 3.07. The van der Waals surface area contributed by atoms with Crippen molar-refractivity contribution in [3.63, 3.8) is 0 Å². The largest absolute Gasteiger partial charge is 0.458 e. The Morgan fingerprint density at radius 3 is 2.79 bits per heavy atom. The SMILES string of the molecule is CO[C@H]1OC[C@@H](S)[C@H](OC(C)=O)[C@@H]1O. The molecular formula is C8H14O5S. The highest BCUT2D eigenvalue weighted by Gasteiger charge is 2.40. The molecule has 14 heavy (non-hydrogen) atoms. The lowest BCUT2D eigenvalue weighted by atomic mass is 10.1. The van der Waals surface area contributed by atoms with E-state index in [4.69, 9.17) is 14.2 Å². The molecule has 0 radical (unpaired) electrons. The molecule has 6 heteroatoms. The third-order valence-corrected chi connectivity index (χ3v) is 2.40. The van der Waals surface area contributed by atoms with E-state index >= 15 is 0 Å². The lowest BCUT2D eigenvalue weighted by molar-refractivity contribution is -0.235. The van der Waals surface area contributed by atoms with Gasteiger partial charge < -0.3 is 19.3 Å². The van der Waals surface area contributed by atoms with Crippen molar-refractivity contribution in [2.24, 2.45) is 0 Å².